The Morgan fingerprint density at radius 3 is 2.17 bits per heavy atom. The third kappa shape index (κ3) is 5.19. The van der Waals surface area contributed by atoms with Crippen LogP contribution in [0.3, 0.4) is 0 Å². The zero-order chi connectivity index (χ0) is 25.7. The number of ketones is 1. The second-order valence-electron chi connectivity index (χ2n) is 8.34. The molecule has 1 aliphatic heterocycles. The number of likely N-dealkylation sites (tertiary alicyclic amines) is 1. The van der Waals surface area contributed by atoms with E-state index in [4.69, 9.17) is 18.9 Å². The third-order valence-electron chi connectivity index (χ3n) is 5.89. The maximum Gasteiger partial charge on any atom is 0.295 e. The van der Waals surface area contributed by atoms with Crippen LogP contribution in [-0.2, 0) is 9.59 Å². The summed E-state index contributed by atoms with van der Waals surface area (Å²) >= 11 is 0. The summed E-state index contributed by atoms with van der Waals surface area (Å²) in [6, 6.07) is 9.23. The highest BCUT2D eigenvalue weighted by Crippen LogP contribution is 2.45. The molecule has 1 amide bonds. The van der Waals surface area contributed by atoms with Crippen LogP contribution in [-0.4, -0.2) is 82.2 Å². The molecule has 3 rings (SSSR count). The summed E-state index contributed by atoms with van der Waals surface area (Å²) in [7, 11) is 9.87. The van der Waals surface area contributed by atoms with E-state index in [1.807, 2.05) is 19.0 Å². The molecule has 0 aromatic heterocycles. The number of methoxy groups -OCH3 is 4. The lowest BCUT2D eigenvalue weighted by molar-refractivity contribution is -0.139. The Morgan fingerprint density at radius 1 is 0.971 bits per heavy atom. The normalized spacial score (nSPS) is 17.1. The fourth-order valence-electron chi connectivity index (χ4n) is 4.20. The molecule has 1 unspecified atom stereocenters. The molecule has 1 heterocycles. The highest BCUT2D eigenvalue weighted by atomic mass is 16.5. The molecule has 9 nitrogen and oxygen atoms in total. The fraction of sp³-hybridized carbons (Fsp3) is 0.385. The Labute approximate surface area is 205 Å². The average Bonchev–Trinajstić information content (AvgIpc) is 3.12. The number of aliphatic hydroxyl groups excluding tert-OH is 1. The minimum atomic E-state index is -0.850. The van der Waals surface area contributed by atoms with Gasteiger partial charge in [0.1, 0.15) is 11.5 Å². The zero-order valence-electron chi connectivity index (χ0n) is 21.0. The van der Waals surface area contributed by atoms with Crippen LogP contribution < -0.4 is 18.9 Å². The van der Waals surface area contributed by atoms with Gasteiger partial charge in [-0.05, 0) is 56.9 Å². The number of ether oxygens (including phenoxy) is 4. The van der Waals surface area contributed by atoms with Gasteiger partial charge in [0.05, 0.1) is 40.1 Å². The number of Topliss-reactive ketones (excluding diaryl/α,β-unsaturated/α-hetero) is 1. The first-order valence-corrected chi connectivity index (χ1v) is 11.1. The first-order chi connectivity index (χ1) is 16.8. The van der Waals surface area contributed by atoms with Crippen molar-refractivity contribution in [2.45, 2.75) is 12.5 Å². The van der Waals surface area contributed by atoms with Gasteiger partial charge < -0.3 is 33.9 Å². The minimum absolute atomic E-state index is 0.0117. The molecule has 0 spiro atoms. The number of aliphatic hydroxyl groups is 1. The highest BCUT2D eigenvalue weighted by molar-refractivity contribution is 6.46. The average molecular weight is 485 g/mol. The maximum absolute atomic E-state index is 13.3. The maximum atomic E-state index is 13.3. The lowest BCUT2D eigenvalue weighted by Crippen LogP contribution is -2.32. The topological polar surface area (TPSA) is 97.8 Å². The number of amides is 1. The van der Waals surface area contributed by atoms with Crippen molar-refractivity contribution in [3.63, 3.8) is 0 Å². The summed E-state index contributed by atoms with van der Waals surface area (Å²) in [5, 5.41) is 11.3. The fourth-order valence-corrected chi connectivity index (χ4v) is 4.20. The molecule has 1 N–H and O–H groups in total. The molecule has 188 valence electrons. The van der Waals surface area contributed by atoms with E-state index in [1.165, 1.54) is 33.3 Å². The zero-order valence-corrected chi connectivity index (χ0v) is 21.0. The van der Waals surface area contributed by atoms with E-state index in [2.05, 4.69) is 0 Å². The molecule has 9 heteroatoms. The summed E-state index contributed by atoms with van der Waals surface area (Å²) < 4.78 is 21.7. The third-order valence-corrected chi connectivity index (χ3v) is 5.89. The van der Waals surface area contributed by atoms with Crippen LogP contribution in [0.4, 0.5) is 0 Å². The molecule has 1 fully saturated rings. The Hall–Kier alpha value is -3.72. The van der Waals surface area contributed by atoms with Gasteiger partial charge in [0, 0.05) is 12.1 Å². The first kappa shape index (κ1) is 25.9. The Balaban J connectivity index is 2.22. The van der Waals surface area contributed by atoms with Gasteiger partial charge in [-0.2, -0.15) is 0 Å². The lowest BCUT2D eigenvalue weighted by Gasteiger charge is -2.27. The van der Waals surface area contributed by atoms with Gasteiger partial charge in [0.2, 0.25) is 5.75 Å². The van der Waals surface area contributed by atoms with Crippen molar-refractivity contribution in [2.75, 3.05) is 55.6 Å². The number of nitrogens with zero attached hydrogens (tertiary/aromatic N) is 2. The summed E-state index contributed by atoms with van der Waals surface area (Å²) in [5.74, 6) is -0.0593. The molecule has 0 radical (unpaired) electrons. The number of benzene rings is 2. The number of carbonyl (C=O) groups excluding carboxylic acids is 2. The van der Waals surface area contributed by atoms with E-state index >= 15 is 0 Å². The van der Waals surface area contributed by atoms with Gasteiger partial charge in [0.15, 0.2) is 11.5 Å². The molecule has 1 atom stereocenters. The molecular weight excluding hydrogens is 452 g/mol. The Morgan fingerprint density at radius 2 is 1.63 bits per heavy atom. The highest BCUT2D eigenvalue weighted by Gasteiger charge is 2.46. The van der Waals surface area contributed by atoms with Crippen LogP contribution in [0.5, 0.6) is 23.0 Å². The largest absolute Gasteiger partial charge is 0.507 e. The Bertz CT molecular complexity index is 1100. The van der Waals surface area contributed by atoms with E-state index in [-0.39, 0.29) is 11.3 Å². The number of carbonyl (C=O) groups is 2. The van der Waals surface area contributed by atoms with Gasteiger partial charge in [0.25, 0.3) is 11.7 Å². The van der Waals surface area contributed by atoms with Gasteiger partial charge >= 0.3 is 0 Å². The molecule has 1 aliphatic rings. The van der Waals surface area contributed by atoms with Crippen molar-refractivity contribution < 1.29 is 33.6 Å². The number of rotatable bonds is 10. The molecule has 0 saturated carbocycles. The predicted octanol–water partition coefficient (Wildman–Crippen LogP) is 3.09. The second kappa shape index (κ2) is 11.1. The summed E-state index contributed by atoms with van der Waals surface area (Å²) in [5.41, 5.74) is 0.906. The van der Waals surface area contributed by atoms with Crippen molar-refractivity contribution in [2.24, 2.45) is 0 Å². The van der Waals surface area contributed by atoms with Crippen molar-refractivity contribution in [1.29, 1.82) is 0 Å². The molecule has 35 heavy (non-hydrogen) atoms. The van der Waals surface area contributed by atoms with Crippen LogP contribution in [0.25, 0.3) is 5.76 Å². The van der Waals surface area contributed by atoms with E-state index in [9.17, 15) is 14.7 Å². The minimum Gasteiger partial charge on any atom is -0.507 e. The van der Waals surface area contributed by atoms with Crippen LogP contribution in [0.15, 0.2) is 42.0 Å². The van der Waals surface area contributed by atoms with E-state index in [0.717, 1.165) is 6.54 Å². The second-order valence-corrected chi connectivity index (χ2v) is 8.34. The SMILES string of the molecule is COc1cccc(C(O)=C2C(=O)C(=O)N(CCCN(C)C)C2c2cc(OC)c(OC)c(OC)c2)c1. The molecule has 2 aromatic rings. The van der Waals surface area contributed by atoms with E-state index in [1.54, 1.807) is 36.4 Å². The number of hydrogen-bond donors (Lipinski definition) is 1. The molecule has 1 saturated heterocycles. The monoisotopic (exact) mass is 484 g/mol. The summed E-state index contributed by atoms with van der Waals surface area (Å²) in [6.07, 6.45) is 0.639. The van der Waals surface area contributed by atoms with Crippen LogP contribution >= 0.6 is 0 Å². The van der Waals surface area contributed by atoms with Crippen molar-refractivity contribution in [3.8, 4) is 23.0 Å². The Kier molecular flexibility index (Phi) is 8.24. The quantitative estimate of drug-likeness (QED) is 0.312. The molecule has 2 aromatic carbocycles. The van der Waals surface area contributed by atoms with Gasteiger partial charge in [-0.15, -0.1) is 0 Å². The van der Waals surface area contributed by atoms with Gasteiger partial charge in [-0.25, -0.2) is 0 Å². The van der Waals surface area contributed by atoms with E-state index in [0.29, 0.717) is 47.1 Å². The smallest absolute Gasteiger partial charge is 0.295 e. The molecule has 0 bridgehead atoms. The van der Waals surface area contributed by atoms with Crippen LogP contribution in [0.1, 0.15) is 23.6 Å². The van der Waals surface area contributed by atoms with Gasteiger partial charge in [-0.3, -0.25) is 9.59 Å². The van der Waals surface area contributed by atoms with Crippen molar-refractivity contribution in [1.82, 2.24) is 9.80 Å². The standard InChI is InChI=1S/C26H32N2O7/c1-27(2)11-8-12-28-22(17-14-19(33-4)25(35-6)20(15-17)34-5)21(24(30)26(28)31)23(29)16-9-7-10-18(13-16)32-3/h7,9-10,13-15,22,29H,8,11-12H2,1-6H3. The number of hydrogen-bond acceptors (Lipinski definition) is 8. The van der Waals surface area contributed by atoms with Crippen molar-refractivity contribution in [3.05, 3.63) is 53.1 Å². The molecule has 0 aliphatic carbocycles. The van der Waals surface area contributed by atoms with E-state index < -0.39 is 17.7 Å². The van der Waals surface area contributed by atoms with Gasteiger partial charge in [-0.1, -0.05) is 12.1 Å². The first-order valence-electron chi connectivity index (χ1n) is 11.1. The van der Waals surface area contributed by atoms with Crippen LogP contribution in [0, 0.1) is 0 Å². The van der Waals surface area contributed by atoms with Crippen LogP contribution in [0.2, 0.25) is 0 Å². The summed E-state index contributed by atoms with van der Waals surface area (Å²) in [4.78, 5) is 29.9. The predicted molar refractivity (Wildman–Crippen MR) is 131 cm³/mol. The lowest BCUT2D eigenvalue weighted by atomic mass is 9.94. The molecular formula is C26H32N2O7. The summed E-state index contributed by atoms with van der Waals surface area (Å²) in [6.45, 7) is 1.04. The van der Waals surface area contributed by atoms with Crippen molar-refractivity contribution >= 4 is 17.4 Å².